The van der Waals surface area contributed by atoms with Gasteiger partial charge in [0.1, 0.15) is 0 Å². The molecule has 1 heterocycles. The van der Waals surface area contributed by atoms with E-state index in [0.29, 0.717) is 25.1 Å². The van der Waals surface area contributed by atoms with E-state index in [1.165, 1.54) is 12.1 Å². The molecule has 0 radical (unpaired) electrons. The molecular weight excluding hydrogens is 271 g/mol. The van der Waals surface area contributed by atoms with Crippen LogP contribution < -0.4 is 0 Å². The lowest BCUT2D eigenvalue weighted by Crippen LogP contribution is -2.42. The maximum atomic E-state index is 12.4. The molecule has 3 nitrogen and oxygen atoms in total. The van der Waals surface area contributed by atoms with Gasteiger partial charge in [-0.1, -0.05) is 12.1 Å². The van der Waals surface area contributed by atoms with Crippen molar-refractivity contribution < 1.29 is 23.1 Å². The number of amides is 1. The highest BCUT2D eigenvalue weighted by Crippen LogP contribution is 2.29. The smallest absolute Gasteiger partial charge is 0.391 e. The number of aliphatic hydroxyl groups excluding tert-OH is 1. The van der Waals surface area contributed by atoms with E-state index >= 15 is 0 Å². The molecule has 0 aliphatic carbocycles. The first-order valence-electron chi connectivity index (χ1n) is 6.48. The van der Waals surface area contributed by atoms with Crippen LogP contribution in [0.5, 0.6) is 0 Å². The second-order valence-electron chi connectivity index (χ2n) is 5.01. The highest BCUT2D eigenvalue weighted by Gasteiger charge is 2.30. The van der Waals surface area contributed by atoms with Crippen LogP contribution in [0, 0.1) is 0 Å². The van der Waals surface area contributed by atoms with Crippen molar-refractivity contribution in [1.29, 1.82) is 0 Å². The molecule has 1 aromatic carbocycles. The minimum Gasteiger partial charge on any atom is -0.391 e. The zero-order chi connectivity index (χ0) is 14.8. The van der Waals surface area contributed by atoms with Crippen LogP contribution in [0.4, 0.5) is 13.2 Å². The molecule has 6 heteroatoms. The molecule has 0 saturated carbocycles. The molecule has 1 aliphatic rings. The number of carbonyl (C=O) groups is 1. The fourth-order valence-corrected chi connectivity index (χ4v) is 2.28. The number of piperidine rings is 1. The van der Waals surface area contributed by atoms with Gasteiger partial charge in [-0.25, -0.2) is 0 Å². The number of likely N-dealkylation sites (tertiary alicyclic amines) is 1. The van der Waals surface area contributed by atoms with Crippen LogP contribution in [0.15, 0.2) is 24.3 Å². The van der Waals surface area contributed by atoms with Crippen LogP contribution in [0.25, 0.3) is 0 Å². The van der Waals surface area contributed by atoms with Crippen molar-refractivity contribution in [3.8, 4) is 0 Å². The molecule has 0 bridgehead atoms. The lowest BCUT2D eigenvalue weighted by atomic mass is 10.1. The number of rotatable bonds is 2. The number of benzene rings is 1. The summed E-state index contributed by atoms with van der Waals surface area (Å²) in [5.74, 6) is -0.163. The summed E-state index contributed by atoms with van der Waals surface area (Å²) in [6.07, 6.45) is -3.37. The van der Waals surface area contributed by atoms with E-state index in [4.69, 9.17) is 0 Å². The Morgan fingerprint density at radius 3 is 2.50 bits per heavy atom. The second-order valence-corrected chi connectivity index (χ2v) is 5.01. The van der Waals surface area contributed by atoms with Crippen molar-refractivity contribution in [2.45, 2.75) is 31.5 Å². The minimum atomic E-state index is -4.36. The standard InChI is InChI=1S/C14H16F3NO2/c15-14(16,17)11-5-3-10(4-6-11)8-13(20)18-7-1-2-12(19)9-18/h3-6,12,19H,1-2,7-9H2. The van der Waals surface area contributed by atoms with Gasteiger partial charge < -0.3 is 10.0 Å². The SMILES string of the molecule is O=C(Cc1ccc(C(F)(F)F)cc1)N1CCCC(O)C1. The van der Waals surface area contributed by atoms with Crippen LogP contribution in [0.2, 0.25) is 0 Å². The fraction of sp³-hybridized carbons (Fsp3) is 0.500. The second kappa shape index (κ2) is 5.83. The Balaban J connectivity index is 1.97. The van der Waals surface area contributed by atoms with Crippen molar-refractivity contribution in [1.82, 2.24) is 4.90 Å². The van der Waals surface area contributed by atoms with Gasteiger partial charge >= 0.3 is 6.18 Å². The summed E-state index contributed by atoms with van der Waals surface area (Å²) < 4.78 is 37.2. The first-order valence-corrected chi connectivity index (χ1v) is 6.48. The number of β-amino-alcohol motifs (C(OH)–C–C–N with tert-alkyl or cyclic N) is 1. The lowest BCUT2D eigenvalue weighted by Gasteiger charge is -2.30. The normalized spacial score (nSPS) is 20.0. The number of hydrogen-bond acceptors (Lipinski definition) is 2. The van der Waals surface area contributed by atoms with Crippen molar-refractivity contribution in [3.63, 3.8) is 0 Å². The Hall–Kier alpha value is -1.56. The summed E-state index contributed by atoms with van der Waals surface area (Å²) in [5.41, 5.74) is -0.176. The number of carbonyl (C=O) groups excluding carboxylic acids is 1. The molecule has 1 aliphatic heterocycles. The number of hydrogen-bond donors (Lipinski definition) is 1. The molecule has 2 rings (SSSR count). The Morgan fingerprint density at radius 1 is 1.30 bits per heavy atom. The minimum absolute atomic E-state index is 0.0604. The van der Waals surface area contributed by atoms with Crippen LogP contribution >= 0.6 is 0 Å². The first-order chi connectivity index (χ1) is 9.36. The molecule has 110 valence electrons. The third kappa shape index (κ3) is 3.72. The molecule has 1 saturated heterocycles. The van der Waals surface area contributed by atoms with E-state index in [0.717, 1.165) is 18.6 Å². The van der Waals surface area contributed by atoms with Crippen molar-refractivity contribution in [3.05, 3.63) is 35.4 Å². The summed E-state index contributed by atoms with van der Waals surface area (Å²) >= 11 is 0. The maximum Gasteiger partial charge on any atom is 0.416 e. The van der Waals surface area contributed by atoms with Crippen LogP contribution in [0.1, 0.15) is 24.0 Å². The molecule has 1 amide bonds. The molecule has 20 heavy (non-hydrogen) atoms. The number of halogens is 3. The van der Waals surface area contributed by atoms with Crippen LogP contribution in [-0.2, 0) is 17.4 Å². The van der Waals surface area contributed by atoms with E-state index in [2.05, 4.69) is 0 Å². The summed E-state index contributed by atoms with van der Waals surface area (Å²) in [4.78, 5) is 13.5. The molecule has 1 unspecified atom stereocenters. The first kappa shape index (κ1) is 14.8. The zero-order valence-electron chi connectivity index (χ0n) is 10.9. The summed E-state index contributed by atoms with van der Waals surface area (Å²) in [7, 11) is 0. The lowest BCUT2D eigenvalue weighted by molar-refractivity contribution is -0.137. The summed E-state index contributed by atoms with van der Waals surface area (Å²) in [6, 6.07) is 4.60. The van der Waals surface area contributed by atoms with Crippen LogP contribution in [-0.4, -0.2) is 35.1 Å². The predicted octanol–water partition coefficient (Wildman–Crippen LogP) is 2.23. The third-order valence-electron chi connectivity index (χ3n) is 3.39. The average Bonchev–Trinajstić information content (AvgIpc) is 2.38. The van der Waals surface area contributed by atoms with Gasteiger partial charge in [-0.2, -0.15) is 13.2 Å². The van der Waals surface area contributed by atoms with Crippen molar-refractivity contribution >= 4 is 5.91 Å². The molecule has 1 fully saturated rings. The van der Waals surface area contributed by atoms with Gasteiger partial charge in [0, 0.05) is 13.1 Å². The van der Waals surface area contributed by atoms with E-state index in [1.807, 2.05) is 0 Å². The number of aliphatic hydroxyl groups is 1. The molecule has 0 aromatic heterocycles. The molecule has 1 atom stereocenters. The number of nitrogens with zero attached hydrogens (tertiary/aromatic N) is 1. The van der Waals surface area contributed by atoms with E-state index in [1.54, 1.807) is 4.90 Å². The van der Waals surface area contributed by atoms with Crippen LogP contribution in [0.3, 0.4) is 0 Å². The Bertz CT molecular complexity index is 470. The fourth-order valence-electron chi connectivity index (χ4n) is 2.28. The molecular formula is C14H16F3NO2. The van der Waals surface area contributed by atoms with Crippen molar-refractivity contribution in [2.75, 3.05) is 13.1 Å². The molecule has 0 spiro atoms. The highest BCUT2D eigenvalue weighted by atomic mass is 19.4. The highest BCUT2D eigenvalue weighted by molar-refractivity contribution is 5.78. The zero-order valence-corrected chi connectivity index (χ0v) is 10.9. The average molecular weight is 287 g/mol. The molecule has 1 N–H and O–H groups in total. The van der Waals surface area contributed by atoms with E-state index in [-0.39, 0.29) is 12.3 Å². The van der Waals surface area contributed by atoms with E-state index in [9.17, 15) is 23.1 Å². The predicted molar refractivity (Wildman–Crippen MR) is 67.0 cm³/mol. The Labute approximate surface area is 115 Å². The maximum absolute atomic E-state index is 12.4. The number of alkyl halides is 3. The van der Waals surface area contributed by atoms with Gasteiger partial charge in [0.2, 0.25) is 5.91 Å². The van der Waals surface area contributed by atoms with Gasteiger partial charge in [-0.05, 0) is 30.5 Å². The summed E-state index contributed by atoms with van der Waals surface area (Å²) in [5, 5.41) is 9.50. The Morgan fingerprint density at radius 2 is 1.95 bits per heavy atom. The molecule has 1 aromatic rings. The largest absolute Gasteiger partial charge is 0.416 e. The van der Waals surface area contributed by atoms with Gasteiger partial charge in [0.05, 0.1) is 18.1 Å². The summed E-state index contributed by atoms with van der Waals surface area (Å²) in [6.45, 7) is 0.899. The van der Waals surface area contributed by atoms with Gasteiger partial charge in [-0.15, -0.1) is 0 Å². The Kier molecular flexibility index (Phi) is 4.32. The topological polar surface area (TPSA) is 40.5 Å². The third-order valence-corrected chi connectivity index (χ3v) is 3.39. The monoisotopic (exact) mass is 287 g/mol. The quantitative estimate of drug-likeness (QED) is 0.906. The van der Waals surface area contributed by atoms with Crippen molar-refractivity contribution in [2.24, 2.45) is 0 Å². The van der Waals surface area contributed by atoms with Gasteiger partial charge in [-0.3, -0.25) is 4.79 Å². The van der Waals surface area contributed by atoms with Gasteiger partial charge in [0.25, 0.3) is 0 Å². The van der Waals surface area contributed by atoms with E-state index < -0.39 is 17.8 Å². The van der Waals surface area contributed by atoms with Gasteiger partial charge in [0.15, 0.2) is 0 Å².